The molecule has 1 amide bonds. The Morgan fingerprint density at radius 1 is 1.42 bits per heavy atom. The molecule has 1 atom stereocenters. The quantitative estimate of drug-likeness (QED) is 0.745. The van der Waals surface area contributed by atoms with Crippen molar-refractivity contribution in [3.8, 4) is 0 Å². The Morgan fingerprint density at radius 2 is 2.16 bits per heavy atom. The van der Waals surface area contributed by atoms with Gasteiger partial charge >= 0.3 is 0 Å². The number of rotatable bonds is 8. The van der Waals surface area contributed by atoms with Gasteiger partial charge in [-0.2, -0.15) is 0 Å². The Morgan fingerprint density at radius 3 is 2.74 bits per heavy atom. The van der Waals surface area contributed by atoms with E-state index in [1.54, 1.807) is 18.4 Å². The zero-order valence-corrected chi connectivity index (χ0v) is 13.0. The molecule has 1 aromatic rings. The van der Waals surface area contributed by atoms with E-state index in [0.29, 0.717) is 18.9 Å². The molecule has 5 heteroatoms. The normalized spacial score (nSPS) is 12.7. The van der Waals surface area contributed by atoms with Gasteiger partial charge in [0.05, 0.1) is 16.7 Å². The number of nitrogens with zero attached hydrogens (tertiary/aromatic N) is 1. The first-order valence-corrected chi connectivity index (χ1v) is 7.66. The third-order valence-electron chi connectivity index (χ3n) is 2.86. The van der Waals surface area contributed by atoms with Crippen LogP contribution in [0.15, 0.2) is 5.38 Å². The lowest BCUT2D eigenvalue weighted by Gasteiger charge is -2.11. The molecule has 0 aliphatic carbocycles. The Kier molecular flexibility index (Phi) is 7.02. The predicted octanol–water partition coefficient (Wildman–Crippen LogP) is 3.26. The molecule has 0 unspecified atom stereocenters. The molecular weight excluding hydrogens is 260 g/mol. The van der Waals surface area contributed by atoms with Gasteiger partial charge in [0, 0.05) is 31.4 Å². The van der Waals surface area contributed by atoms with Gasteiger partial charge in [0.25, 0.3) is 0 Å². The fourth-order valence-corrected chi connectivity index (χ4v) is 2.61. The van der Waals surface area contributed by atoms with Crippen LogP contribution >= 0.6 is 11.3 Å². The molecule has 4 nitrogen and oxygen atoms in total. The van der Waals surface area contributed by atoms with Crippen molar-refractivity contribution in [2.24, 2.45) is 0 Å². The van der Waals surface area contributed by atoms with Crippen molar-refractivity contribution in [2.75, 3.05) is 13.7 Å². The molecule has 1 heterocycles. The number of unbranched alkanes of at least 4 members (excludes halogenated alkanes) is 1. The van der Waals surface area contributed by atoms with Gasteiger partial charge in [-0.25, -0.2) is 4.98 Å². The van der Waals surface area contributed by atoms with Crippen LogP contribution in [0, 0.1) is 0 Å². The summed E-state index contributed by atoms with van der Waals surface area (Å²) in [6.07, 6.45) is 2.34. The average molecular weight is 284 g/mol. The Balaban J connectivity index is 2.36. The van der Waals surface area contributed by atoms with Gasteiger partial charge < -0.3 is 10.1 Å². The summed E-state index contributed by atoms with van der Waals surface area (Å²) in [6.45, 7) is 6.95. The van der Waals surface area contributed by atoms with Crippen LogP contribution in [-0.2, 0) is 9.53 Å². The first-order valence-electron chi connectivity index (χ1n) is 6.78. The van der Waals surface area contributed by atoms with Crippen molar-refractivity contribution in [1.82, 2.24) is 10.3 Å². The van der Waals surface area contributed by atoms with Crippen molar-refractivity contribution in [3.05, 3.63) is 16.1 Å². The fraction of sp³-hybridized carbons (Fsp3) is 0.714. The van der Waals surface area contributed by atoms with Gasteiger partial charge in [0.15, 0.2) is 0 Å². The number of hydrogen-bond acceptors (Lipinski definition) is 4. The van der Waals surface area contributed by atoms with E-state index < -0.39 is 0 Å². The maximum Gasteiger partial charge on any atom is 0.220 e. The summed E-state index contributed by atoms with van der Waals surface area (Å²) in [4.78, 5) is 16.3. The lowest BCUT2D eigenvalue weighted by atomic mass is 10.2. The molecule has 0 radical (unpaired) electrons. The van der Waals surface area contributed by atoms with Crippen LogP contribution in [0.1, 0.15) is 62.7 Å². The lowest BCUT2D eigenvalue weighted by Crippen LogP contribution is -2.26. The van der Waals surface area contributed by atoms with Crippen LogP contribution in [0.25, 0.3) is 0 Å². The number of aromatic nitrogens is 1. The van der Waals surface area contributed by atoms with Gasteiger partial charge in [-0.15, -0.1) is 11.3 Å². The van der Waals surface area contributed by atoms with Crippen LogP contribution in [0.2, 0.25) is 0 Å². The minimum Gasteiger partial charge on any atom is -0.385 e. The minimum absolute atomic E-state index is 0.0151. The van der Waals surface area contributed by atoms with E-state index in [1.807, 2.05) is 12.3 Å². The second-order valence-corrected chi connectivity index (χ2v) is 5.89. The Hall–Kier alpha value is -0.940. The van der Waals surface area contributed by atoms with E-state index in [4.69, 9.17) is 4.74 Å². The number of amides is 1. The van der Waals surface area contributed by atoms with Crippen LogP contribution in [-0.4, -0.2) is 24.6 Å². The van der Waals surface area contributed by atoms with Crippen molar-refractivity contribution in [1.29, 1.82) is 0 Å². The maximum absolute atomic E-state index is 11.8. The van der Waals surface area contributed by atoms with Crippen LogP contribution in [0.5, 0.6) is 0 Å². The summed E-state index contributed by atoms with van der Waals surface area (Å²) in [6, 6.07) is -0.0151. The summed E-state index contributed by atoms with van der Waals surface area (Å²) in [5.74, 6) is 0.526. The number of nitrogens with one attached hydrogen (secondary N) is 1. The standard InChI is InChI=1S/C14H24N2O2S/c1-10(2)14-16-12(9-19-14)11(3)15-13(17)7-5-6-8-18-4/h9-11H,5-8H2,1-4H3,(H,15,17)/t11-/m1/s1. The van der Waals surface area contributed by atoms with E-state index in [-0.39, 0.29) is 11.9 Å². The highest BCUT2D eigenvalue weighted by Gasteiger charge is 2.13. The largest absolute Gasteiger partial charge is 0.385 e. The molecule has 1 rings (SSSR count). The second kappa shape index (κ2) is 8.27. The fourth-order valence-electron chi connectivity index (χ4n) is 1.68. The summed E-state index contributed by atoms with van der Waals surface area (Å²) in [7, 11) is 1.68. The predicted molar refractivity (Wildman–Crippen MR) is 78.5 cm³/mol. The zero-order valence-electron chi connectivity index (χ0n) is 12.2. The summed E-state index contributed by atoms with van der Waals surface area (Å²) < 4.78 is 4.96. The van der Waals surface area contributed by atoms with Crippen molar-refractivity contribution < 1.29 is 9.53 Å². The van der Waals surface area contributed by atoms with Crippen molar-refractivity contribution in [2.45, 2.75) is 52.0 Å². The third-order valence-corrected chi connectivity index (χ3v) is 4.02. The lowest BCUT2D eigenvalue weighted by molar-refractivity contribution is -0.121. The molecule has 0 aliphatic rings. The minimum atomic E-state index is -0.0151. The van der Waals surface area contributed by atoms with Gasteiger partial charge in [-0.3, -0.25) is 4.79 Å². The molecular formula is C14H24N2O2S. The Labute approximate surface area is 119 Å². The average Bonchev–Trinajstić information content (AvgIpc) is 2.84. The highest BCUT2D eigenvalue weighted by molar-refractivity contribution is 7.09. The number of ether oxygens (including phenoxy) is 1. The van der Waals surface area contributed by atoms with Crippen LogP contribution < -0.4 is 5.32 Å². The first-order chi connectivity index (χ1) is 9.04. The molecule has 1 aromatic heterocycles. The van der Waals surface area contributed by atoms with E-state index in [2.05, 4.69) is 24.1 Å². The number of methoxy groups -OCH3 is 1. The molecule has 0 saturated carbocycles. The highest BCUT2D eigenvalue weighted by atomic mass is 32.1. The second-order valence-electron chi connectivity index (χ2n) is 5.00. The molecule has 19 heavy (non-hydrogen) atoms. The third kappa shape index (κ3) is 5.70. The molecule has 0 spiro atoms. The zero-order chi connectivity index (χ0) is 14.3. The monoisotopic (exact) mass is 284 g/mol. The molecule has 0 bridgehead atoms. The number of thiazole rings is 1. The molecule has 1 N–H and O–H groups in total. The first kappa shape index (κ1) is 16.1. The van der Waals surface area contributed by atoms with Gasteiger partial charge in [-0.05, 0) is 19.8 Å². The van der Waals surface area contributed by atoms with E-state index >= 15 is 0 Å². The van der Waals surface area contributed by atoms with Crippen LogP contribution in [0.4, 0.5) is 0 Å². The van der Waals surface area contributed by atoms with Gasteiger partial charge in [0.1, 0.15) is 0 Å². The summed E-state index contributed by atoms with van der Waals surface area (Å²) in [5.41, 5.74) is 0.957. The smallest absolute Gasteiger partial charge is 0.220 e. The van der Waals surface area contributed by atoms with Crippen LogP contribution in [0.3, 0.4) is 0 Å². The summed E-state index contributed by atoms with van der Waals surface area (Å²) >= 11 is 1.66. The topological polar surface area (TPSA) is 51.2 Å². The SMILES string of the molecule is COCCCCC(=O)N[C@H](C)c1csc(C(C)C)n1. The maximum atomic E-state index is 11.8. The van der Waals surface area contributed by atoms with Crippen molar-refractivity contribution in [3.63, 3.8) is 0 Å². The van der Waals surface area contributed by atoms with Gasteiger partial charge in [0.2, 0.25) is 5.91 Å². The number of carbonyl (C=O) groups excluding carboxylic acids is 1. The number of hydrogen-bond donors (Lipinski definition) is 1. The van der Waals surface area contributed by atoms with Crippen molar-refractivity contribution >= 4 is 17.2 Å². The van der Waals surface area contributed by atoms with E-state index in [0.717, 1.165) is 23.5 Å². The number of carbonyl (C=O) groups is 1. The molecule has 0 saturated heterocycles. The molecule has 108 valence electrons. The Bertz CT molecular complexity index is 391. The van der Waals surface area contributed by atoms with E-state index in [1.165, 1.54) is 0 Å². The molecule has 0 fully saturated rings. The highest BCUT2D eigenvalue weighted by Crippen LogP contribution is 2.22. The van der Waals surface area contributed by atoms with Gasteiger partial charge in [-0.1, -0.05) is 13.8 Å². The van der Waals surface area contributed by atoms with E-state index in [9.17, 15) is 4.79 Å². The molecule has 0 aliphatic heterocycles. The molecule has 0 aromatic carbocycles. The summed E-state index contributed by atoms with van der Waals surface area (Å²) in [5, 5.41) is 6.14.